The van der Waals surface area contributed by atoms with Crippen LogP contribution in [0.3, 0.4) is 0 Å². The molecule has 0 spiro atoms. The molecule has 0 saturated carbocycles. The van der Waals surface area contributed by atoms with E-state index in [0.717, 1.165) is 20.6 Å². The molecule has 0 heterocycles. The minimum atomic E-state index is -3.91. The van der Waals surface area contributed by atoms with Crippen LogP contribution in [0.15, 0.2) is 46.9 Å². The van der Waals surface area contributed by atoms with Crippen molar-refractivity contribution in [3.8, 4) is 11.5 Å². The highest BCUT2D eigenvalue weighted by atomic mass is 79.9. The van der Waals surface area contributed by atoms with Gasteiger partial charge in [0.25, 0.3) is 0 Å². The van der Waals surface area contributed by atoms with Gasteiger partial charge in [0.2, 0.25) is 21.8 Å². The van der Waals surface area contributed by atoms with Crippen LogP contribution >= 0.6 is 15.9 Å². The van der Waals surface area contributed by atoms with Crippen molar-refractivity contribution >= 4 is 43.5 Å². The number of nitrogens with zero attached hydrogens (tertiary/aromatic N) is 2. The van der Waals surface area contributed by atoms with Crippen LogP contribution in [0.1, 0.15) is 26.3 Å². The van der Waals surface area contributed by atoms with Gasteiger partial charge in [-0.1, -0.05) is 28.1 Å². The Hall–Kier alpha value is -2.79. The summed E-state index contributed by atoms with van der Waals surface area (Å²) in [6.07, 6.45) is 1.01. The maximum atomic E-state index is 13.6. The summed E-state index contributed by atoms with van der Waals surface area (Å²) in [6, 6.07) is 11.1. The molecule has 35 heavy (non-hydrogen) atoms. The molecule has 0 aliphatic heterocycles. The number of hydrogen-bond acceptors (Lipinski definition) is 6. The summed E-state index contributed by atoms with van der Waals surface area (Å²) in [5.41, 5.74) is 0.936. The Balaban J connectivity index is 2.49. The van der Waals surface area contributed by atoms with E-state index in [1.807, 2.05) is 38.1 Å². The second-order valence-electron chi connectivity index (χ2n) is 8.30. The standard InChI is InChI=1S/C24H32BrN3O6S/c1-16(2)26-24(30)17(3)27(14-18-8-7-9-19(25)12-18)23(29)15-28(35(6,31)32)21-13-20(33-4)10-11-22(21)34-5/h7-13,16-17H,14-15H2,1-6H3,(H,26,30)/t17-/m0/s1. The van der Waals surface area contributed by atoms with E-state index in [2.05, 4.69) is 21.2 Å². The maximum absolute atomic E-state index is 13.6. The quantitative estimate of drug-likeness (QED) is 0.445. The first-order valence-corrected chi connectivity index (χ1v) is 13.6. The van der Waals surface area contributed by atoms with Crippen LogP contribution in [0.5, 0.6) is 11.5 Å². The summed E-state index contributed by atoms with van der Waals surface area (Å²) >= 11 is 3.42. The largest absolute Gasteiger partial charge is 0.497 e. The van der Waals surface area contributed by atoms with E-state index in [0.29, 0.717) is 5.75 Å². The second-order valence-corrected chi connectivity index (χ2v) is 11.1. The topological polar surface area (TPSA) is 105 Å². The molecule has 11 heteroatoms. The number of methoxy groups -OCH3 is 2. The zero-order valence-electron chi connectivity index (χ0n) is 20.7. The number of amides is 2. The van der Waals surface area contributed by atoms with Crippen LogP contribution in [0.25, 0.3) is 0 Å². The van der Waals surface area contributed by atoms with Gasteiger partial charge in [-0.25, -0.2) is 8.42 Å². The van der Waals surface area contributed by atoms with Crippen molar-refractivity contribution in [1.29, 1.82) is 0 Å². The zero-order valence-corrected chi connectivity index (χ0v) is 23.1. The molecule has 0 aliphatic rings. The van der Waals surface area contributed by atoms with E-state index in [1.165, 1.54) is 25.2 Å². The highest BCUT2D eigenvalue weighted by molar-refractivity contribution is 9.10. The fourth-order valence-electron chi connectivity index (χ4n) is 3.41. The molecular formula is C24H32BrN3O6S. The summed E-state index contributed by atoms with van der Waals surface area (Å²) in [5, 5.41) is 2.81. The van der Waals surface area contributed by atoms with E-state index in [4.69, 9.17) is 9.47 Å². The number of ether oxygens (including phenoxy) is 2. The van der Waals surface area contributed by atoms with Crippen molar-refractivity contribution in [2.24, 2.45) is 0 Å². The molecule has 0 aliphatic carbocycles. The van der Waals surface area contributed by atoms with E-state index in [1.54, 1.807) is 19.1 Å². The minimum Gasteiger partial charge on any atom is -0.497 e. The number of carbonyl (C=O) groups excluding carboxylic acids is 2. The number of anilines is 1. The third kappa shape index (κ3) is 7.86. The van der Waals surface area contributed by atoms with Crippen LogP contribution in [-0.2, 0) is 26.2 Å². The number of nitrogens with one attached hydrogen (secondary N) is 1. The lowest BCUT2D eigenvalue weighted by atomic mass is 10.1. The monoisotopic (exact) mass is 569 g/mol. The number of benzene rings is 2. The third-order valence-corrected chi connectivity index (χ3v) is 6.79. The molecule has 0 radical (unpaired) electrons. The van der Waals surface area contributed by atoms with E-state index in [-0.39, 0.29) is 29.9 Å². The predicted octanol–water partition coefficient (Wildman–Crippen LogP) is 3.17. The highest BCUT2D eigenvalue weighted by Crippen LogP contribution is 2.34. The van der Waals surface area contributed by atoms with E-state index in [9.17, 15) is 18.0 Å². The third-order valence-electron chi connectivity index (χ3n) is 5.17. The Morgan fingerprint density at radius 2 is 1.74 bits per heavy atom. The summed E-state index contributed by atoms with van der Waals surface area (Å²) in [6.45, 7) is 4.84. The predicted molar refractivity (Wildman–Crippen MR) is 139 cm³/mol. The van der Waals surface area contributed by atoms with Crippen LogP contribution < -0.4 is 19.1 Å². The van der Waals surface area contributed by atoms with Crippen LogP contribution in [0.2, 0.25) is 0 Å². The fourth-order valence-corrected chi connectivity index (χ4v) is 4.70. The van der Waals surface area contributed by atoms with Crippen molar-refractivity contribution in [2.45, 2.75) is 39.4 Å². The first-order valence-electron chi connectivity index (χ1n) is 10.9. The molecule has 0 bridgehead atoms. The first kappa shape index (κ1) is 28.4. The van der Waals surface area contributed by atoms with Crippen molar-refractivity contribution < 1.29 is 27.5 Å². The Morgan fingerprint density at radius 3 is 2.29 bits per heavy atom. The number of hydrogen-bond donors (Lipinski definition) is 1. The number of halogens is 1. The molecule has 192 valence electrons. The fraction of sp³-hybridized carbons (Fsp3) is 0.417. The maximum Gasteiger partial charge on any atom is 0.244 e. The van der Waals surface area contributed by atoms with E-state index < -0.39 is 28.5 Å². The van der Waals surface area contributed by atoms with Gasteiger partial charge in [0.1, 0.15) is 24.1 Å². The lowest BCUT2D eigenvalue weighted by Gasteiger charge is -2.32. The molecule has 1 atom stereocenters. The summed E-state index contributed by atoms with van der Waals surface area (Å²) in [5.74, 6) is -0.231. The lowest BCUT2D eigenvalue weighted by Crippen LogP contribution is -2.52. The van der Waals surface area contributed by atoms with Crippen molar-refractivity contribution in [3.05, 3.63) is 52.5 Å². The molecule has 2 aromatic rings. The average molecular weight is 571 g/mol. The number of carbonyl (C=O) groups is 2. The molecule has 0 aromatic heterocycles. The Labute approximate surface area is 215 Å². The molecule has 0 saturated heterocycles. The molecule has 0 unspecified atom stereocenters. The van der Waals surface area contributed by atoms with Gasteiger partial charge < -0.3 is 19.7 Å². The Bertz CT molecular complexity index is 1160. The van der Waals surface area contributed by atoms with Gasteiger partial charge in [0.05, 0.1) is 26.2 Å². The summed E-state index contributed by atoms with van der Waals surface area (Å²) < 4.78 is 37.9. The van der Waals surface area contributed by atoms with Gasteiger partial charge in [-0.15, -0.1) is 0 Å². The molecule has 9 nitrogen and oxygen atoms in total. The molecule has 2 amide bonds. The molecule has 0 fully saturated rings. The Morgan fingerprint density at radius 1 is 1.06 bits per heavy atom. The normalized spacial score (nSPS) is 12.1. The van der Waals surface area contributed by atoms with Crippen LogP contribution in [-0.4, -0.2) is 64.2 Å². The summed E-state index contributed by atoms with van der Waals surface area (Å²) in [4.78, 5) is 27.8. The number of sulfonamides is 1. The van der Waals surface area contributed by atoms with Gasteiger partial charge in [0.15, 0.2) is 0 Å². The molecule has 2 rings (SSSR count). The van der Waals surface area contributed by atoms with Crippen LogP contribution in [0, 0.1) is 0 Å². The molecular weight excluding hydrogens is 538 g/mol. The highest BCUT2D eigenvalue weighted by Gasteiger charge is 2.31. The lowest BCUT2D eigenvalue weighted by molar-refractivity contribution is -0.139. The second kappa shape index (κ2) is 12.3. The van der Waals surface area contributed by atoms with Gasteiger partial charge in [0, 0.05) is 23.1 Å². The van der Waals surface area contributed by atoms with Crippen molar-refractivity contribution in [3.63, 3.8) is 0 Å². The minimum absolute atomic E-state index is 0.109. The zero-order chi connectivity index (χ0) is 26.3. The van der Waals surface area contributed by atoms with Crippen LogP contribution in [0.4, 0.5) is 5.69 Å². The smallest absolute Gasteiger partial charge is 0.244 e. The van der Waals surface area contributed by atoms with Gasteiger partial charge in [-0.2, -0.15) is 0 Å². The SMILES string of the molecule is COc1ccc(OC)c(N(CC(=O)N(Cc2cccc(Br)c2)[C@@H](C)C(=O)NC(C)C)S(C)(=O)=O)c1. The van der Waals surface area contributed by atoms with Crippen molar-refractivity contribution in [1.82, 2.24) is 10.2 Å². The number of rotatable bonds is 11. The molecule has 1 N–H and O–H groups in total. The van der Waals surface area contributed by atoms with Crippen molar-refractivity contribution in [2.75, 3.05) is 31.3 Å². The summed E-state index contributed by atoms with van der Waals surface area (Å²) in [7, 11) is -1.04. The van der Waals surface area contributed by atoms with E-state index >= 15 is 0 Å². The van der Waals surface area contributed by atoms with Gasteiger partial charge >= 0.3 is 0 Å². The Kier molecular flexibility index (Phi) is 9.96. The average Bonchev–Trinajstić information content (AvgIpc) is 2.78. The first-order chi connectivity index (χ1) is 16.4. The molecule has 2 aromatic carbocycles. The van der Waals surface area contributed by atoms with Gasteiger partial charge in [-0.05, 0) is 50.6 Å². The van der Waals surface area contributed by atoms with Gasteiger partial charge in [-0.3, -0.25) is 13.9 Å².